The van der Waals surface area contributed by atoms with Gasteiger partial charge in [0, 0.05) is 18.0 Å². The van der Waals surface area contributed by atoms with Gasteiger partial charge in [-0.2, -0.15) is 0 Å². The van der Waals surface area contributed by atoms with E-state index in [1.807, 2.05) is 0 Å². The number of ether oxygens (including phenoxy) is 2. The largest absolute Gasteiger partial charge is 0.573 e. The van der Waals surface area contributed by atoms with Crippen LogP contribution in [0.5, 0.6) is 5.75 Å². The molecule has 8 heteroatoms. The molecule has 0 bridgehead atoms. The van der Waals surface area contributed by atoms with Gasteiger partial charge in [0.15, 0.2) is 0 Å². The number of hydrogen-bond acceptors (Lipinski definition) is 5. The first-order valence-electron chi connectivity index (χ1n) is 7.05. The van der Waals surface area contributed by atoms with Gasteiger partial charge in [-0.05, 0) is 23.8 Å². The molecule has 1 aromatic carbocycles. The van der Waals surface area contributed by atoms with Crippen LogP contribution in [0.4, 0.5) is 13.2 Å². The molecule has 5 nitrogen and oxygen atoms in total. The Morgan fingerprint density at radius 2 is 2.04 bits per heavy atom. The van der Waals surface area contributed by atoms with Gasteiger partial charge in [-0.15, -0.1) is 13.2 Å². The van der Waals surface area contributed by atoms with Crippen molar-refractivity contribution in [1.82, 2.24) is 4.98 Å². The van der Waals surface area contributed by atoms with Crippen LogP contribution in [0, 0.1) is 0 Å². The maximum absolute atomic E-state index is 12.2. The first-order chi connectivity index (χ1) is 11.8. The standard InChI is InChI=1S/C17H14F3NO4/c1-11(15(22)13-5-3-7-21-9-13)16(23)24-10-12-4-2-6-14(8-12)25-17(18,19)20/h2-9,15,22H,1,10H2. The van der Waals surface area contributed by atoms with Gasteiger partial charge in [0.05, 0.1) is 5.57 Å². The highest BCUT2D eigenvalue weighted by Crippen LogP contribution is 2.24. The molecule has 0 radical (unpaired) electrons. The molecule has 1 atom stereocenters. The third-order valence-electron chi connectivity index (χ3n) is 3.09. The Kier molecular flexibility index (Phi) is 5.76. The lowest BCUT2D eigenvalue weighted by molar-refractivity contribution is -0.274. The first-order valence-corrected chi connectivity index (χ1v) is 7.05. The van der Waals surface area contributed by atoms with Crippen molar-refractivity contribution in [2.45, 2.75) is 19.1 Å². The fraction of sp³-hybridized carbons (Fsp3) is 0.176. The van der Waals surface area contributed by atoms with Gasteiger partial charge in [-0.25, -0.2) is 4.79 Å². The SMILES string of the molecule is C=C(C(=O)OCc1cccc(OC(F)(F)F)c1)C(O)c1cccnc1. The van der Waals surface area contributed by atoms with Crippen molar-refractivity contribution in [1.29, 1.82) is 0 Å². The molecular weight excluding hydrogens is 339 g/mol. The lowest BCUT2D eigenvalue weighted by Gasteiger charge is -2.14. The molecule has 0 saturated heterocycles. The van der Waals surface area contributed by atoms with Crippen LogP contribution in [0.25, 0.3) is 0 Å². The molecule has 0 aliphatic rings. The number of rotatable bonds is 6. The van der Waals surface area contributed by atoms with E-state index in [0.29, 0.717) is 11.1 Å². The maximum atomic E-state index is 12.2. The van der Waals surface area contributed by atoms with Gasteiger partial charge in [-0.1, -0.05) is 24.8 Å². The predicted molar refractivity (Wildman–Crippen MR) is 81.3 cm³/mol. The van der Waals surface area contributed by atoms with Crippen LogP contribution in [0.15, 0.2) is 60.9 Å². The summed E-state index contributed by atoms with van der Waals surface area (Å²) in [5.41, 5.74) is 0.444. The van der Waals surface area contributed by atoms with Gasteiger partial charge in [0.2, 0.25) is 0 Å². The van der Waals surface area contributed by atoms with Gasteiger partial charge in [0.25, 0.3) is 0 Å². The maximum Gasteiger partial charge on any atom is 0.573 e. The molecule has 1 aromatic heterocycles. The van der Waals surface area contributed by atoms with Crippen molar-refractivity contribution in [2.75, 3.05) is 0 Å². The second-order valence-corrected chi connectivity index (χ2v) is 4.99. The van der Waals surface area contributed by atoms with Crippen molar-refractivity contribution >= 4 is 5.97 Å². The molecule has 0 spiro atoms. The number of esters is 1. The van der Waals surface area contributed by atoms with E-state index in [0.717, 1.165) is 12.1 Å². The number of aliphatic hydroxyl groups is 1. The van der Waals surface area contributed by atoms with Gasteiger partial charge >= 0.3 is 12.3 Å². The second-order valence-electron chi connectivity index (χ2n) is 4.99. The molecule has 132 valence electrons. The quantitative estimate of drug-likeness (QED) is 0.637. The molecule has 1 unspecified atom stereocenters. The molecule has 0 aliphatic heterocycles. The summed E-state index contributed by atoms with van der Waals surface area (Å²) in [4.78, 5) is 15.8. The Bertz CT molecular complexity index is 747. The number of pyridine rings is 1. The van der Waals surface area contributed by atoms with E-state index in [1.54, 1.807) is 12.1 Å². The Morgan fingerprint density at radius 3 is 2.68 bits per heavy atom. The van der Waals surface area contributed by atoms with Crippen LogP contribution < -0.4 is 4.74 Å². The molecule has 0 fully saturated rings. The van der Waals surface area contributed by atoms with Crippen LogP contribution in [-0.4, -0.2) is 22.4 Å². The Balaban J connectivity index is 1.95. The first kappa shape index (κ1) is 18.5. The summed E-state index contributed by atoms with van der Waals surface area (Å²) in [5, 5.41) is 10.0. The smallest absolute Gasteiger partial charge is 0.457 e. The highest BCUT2D eigenvalue weighted by molar-refractivity contribution is 5.89. The normalized spacial score (nSPS) is 12.3. The number of benzene rings is 1. The van der Waals surface area contributed by atoms with E-state index in [9.17, 15) is 23.1 Å². The highest BCUT2D eigenvalue weighted by Gasteiger charge is 2.31. The van der Waals surface area contributed by atoms with Gasteiger partial charge in [-0.3, -0.25) is 4.98 Å². The van der Waals surface area contributed by atoms with Crippen molar-refractivity contribution in [3.63, 3.8) is 0 Å². The van der Waals surface area contributed by atoms with Crippen LogP contribution in [0.1, 0.15) is 17.2 Å². The monoisotopic (exact) mass is 353 g/mol. The Labute approximate surface area is 141 Å². The summed E-state index contributed by atoms with van der Waals surface area (Å²) >= 11 is 0. The molecular formula is C17H14F3NO4. The number of hydrogen-bond donors (Lipinski definition) is 1. The molecule has 1 heterocycles. The number of carbonyl (C=O) groups is 1. The summed E-state index contributed by atoms with van der Waals surface area (Å²) in [6, 6.07) is 8.18. The minimum atomic E-state index is -4.81. The molecule has 2 aromatic rings. The van der Waals surface area contributed by atoms with E-state index >= 15 is 0 Å². The highest BCUT2D eigenvalue weighted by atomic mass is 19.4. The summed E-state index contributed by atoms with van der Waals surface area (Å²) in [6.45, 7) is 3.18. The number of alkyl halides is 3. The van der Waals surface area contributed by atoms with Crippen molar-refractivity contribution in [3.05, 3.63) is 72.1 Å². The summed E-state index contributed by atoms with van der Waals surface area (Å²) < 4.78 is 45.3. The molecule has 25 heavy (non-hydrogen) atoms. The molecule has 1 N–H and O–H groups in total. The van der Waals surface area contributed by atoms with E-state index in [4.69, 9.17) is 4.74 Å². The molecule has 2 rings (SSSR count). The van der Waals surface area contributed by atoms with E-state index in [-0.39, 0.29) is 12.2 Å². The molecule has 0 aliphatic carbocycles. The lowest BCUT2D eigenvalue weighted by Crippen LogP contribution is -2.17. The number of carbonyl (C=O) groups excluding carboxylic acids is 1. The number of nitrogens with zero attached hydrogens (tertiary/aromatic N) is 1. The third-order valence-corrected chi connectivity index (χ3v) is 3.09. The fourth-order valence-corrected chi connectivity index (χ4v) is 1.92. The van der Waals surface area contributed by atoms with Crippen molar-refractivity contribution in [2.24, 2.45) is 0 Å². The van der Waals surface area contributed by atoms with Crippen molar-refractivity contribution in [3.8, 4) is 5.75 Å². The fourth-order valence-electron chi connectivity index (χ4n) is 1.92. The zero-order chi connectivity index (χ0) is 18.4. The average Bonchev–Trinajstić information content (AvgIpc) is 2.58. The number of aliphatic hydroxyl groups excluding tert-OH is 1. The summed E-state index contributed by atoms with van der Waals surface area (Å²) in [6.07, 6.45) is -3.22. The molecule has 0 amide bonds. The Hall–Kier alpha value is -2.87. The number of halogens is 3. The van der Waals surface area contributed by atoms with Crippen LogP contribution >= 0.6 is 0 Å². The van der Waals surface area contributed by atoms with Crippen LogP contribution in [0.3, 0.4) is 0 Å². The summed E-state index contributed by atoms with van der Waals surface area (Å²) in [7, 11) is 0. The van der Waals surface area contributed by atoms with E-state index < -0.39 is 24.2 Å². The third kappa shape index (κ3) is 5.61. The van der Waals surface area contributed by atoms with Crippen LogP contribution in [-0.2, 0) is 16.1 Å². The van der Waals surface area contributed by atoms with E-state index in [1.165, 1.54) is 24.5 Å². The van der Waals surface area contributed by atoms with Crippen LogP contribution in [0.2, 0.25) is 0 Å². The number of aromatic nitrogens is 1. The van der Waals surface area contributed by atoms with E-state index in [2.05, 4.69) is 16.3 Å². The minimum absolute atomic E-state index is 0.212. The summed E-state index contributed by atoms with van der Waals surface area (Å²) in [5.74, 6) is -1.30. The zero-order valence-corrected chi connectivity index (χ0v) is 12.9. The predicted octanol–water partition coefficient (Wildman–Crippen LogP) is 3.31. The second kappa shape index (κ2) is 7.80. The topological polar surface area (TPSA) is 68.7 Å². The minimum Gasteiger partial charge on any atom is -0.457 e. The zero-order valence-electron chi connectivity index (χ0n) is 12.9. The van der Waals surface area contributed by atoms with Gasteiger partial charge < -0.3 is 14.6 Å². The lowest BCUT2D eigenvalue weighted by atomic mass is 10.1. The Morgan fingerprint density at radius 1 is 1.28 bits per heavy atom. The van der Waals surface area contributed by atoms with Gasteiger partial charge in [0.1, 0.15) is 18.5 Å². The van der Waals surface area contributed by atoms with Crippen molar-refractivity contribution < 1.29 is 32.5 Å². The molecule has 0 saturated carbocycles. The average molecular weight is 353 g/mol.